The number of rotatable bonds is 7. The molecule has 1 atom stereocenters. The molecule has 2 aromatic rings. The number of carboxylic acids is 1. The van der Waals surface area contributed by atoms with Crippen LogP contribution in [0.1, 0.15) is 57.4 Å². The lowest BCUT2D eigenvalue weighted by Gasteiger charge is -2.18. The van der Waals surface area contributed by atoms with E-state index in [4.69, 9.17) is 8.92 Å². The van der Waals surface area contributed by atoms with E-state index in [0.717, 1.165) is 16.7 Å². The highest BCUT2D eigenvalue weighted by Crippen LogP contribution is 2.41. The van der Waals surface area contributed by atoms with Crippen LogP contribution >= 0.6 is 0 Å². The highest BCUT2D eigenvalue weighted by molar-refractivity contribution is 7.87. The van der Waals surface area contributed by atoms with Crippen molar-refractivity contribution in [2.24, 2.45) is 5.92 Å². The second-order valence-corrected chi connectivity index (χ2v) is 10.2. The van der Waals surface area contributed by atoms with Crippen LogP contribution in [0.2, 0.25) is 0 Å². The molecule has 1 unspecified atom stereocenters. The van der Waals surface area contributed by atoms with Gasteiger partial charge in [-0.2, -0.15) is 8.42 Å². The van der Waals surface area contributed by atoms with Crippen molar-refractivity contribution in [1.82, 2.24) is 0 Å². The van der Waals surface area contributed by atoms with Gasteiger partial charge in [0, 0.05) is 11.1 Å². The Bertz CT molecular complexity index is 1320. The molecule has 2 aliphatic rings. The van der Waals surface area contributed by atoms with Crippen molar-refractivity contribution in [3.05, 3.63) is 75.9 Å². The molecular formula is C26H26O7S. The Balaban J connectivity index is 1.82. The van der Waals surface area contributed by atoms with Gasteiger partial charge >= 0.3 is 22.1 Å². The van der Waals surface area contributed by atoms with Gasteiger partial charge in [-0.25, -0.2) is 4.79 Å². The molecular weight excluding hydrogens is 456 g/mol. The first-order valence-electron chi connectivity index (χ1n) is 11.0. The lowest BCUT2D eigenvalue weighted by atomic mass is 9.90. The quantitative estimate of drug-likeness (QED) is 0.345. The van der Waals surface area contributed by atoms with Gasteiger partial charge in [-0.3, -0.25) is 4.79 Å². The SMILES string of the molecule is C=Cc1c(C)c2c(c(OS(=O)(=O)c3ccc(C)cc3)c1CC=C1CCC(C(=O)O)C1)C(=O)OC2. The third-order valence-electron chi connectivity index (χ3n) is 6.51. The zero-order valence-corrected chi connectivity index (χ0v) is 19.9. The minimum atomic E-state index is -4.23. The van der Waals surface area contributed by atoms with Crippen LogP contribution in [0.3, 0.4) is 0 Å². The number of carbonyl (C=O) groups excluding carboxylic acids is 1. The van der Waals surface area contributed by atoms with Crippen LogP contribution < -0.4 is 4.18 Å². The summed E-state index contributed by atoms with van der Waals surface area (Å²) in [5.41, 5.74) is 4.54. The lowest BCUT2D eigenvalue weighted by molar-refractivity contribution is -0.141. The Morgan fingerprint density at radius 1 is 1.26 bits per heavy atom. The topological polar surface area (TPSA) is 107 Å². The number of benzene rings is 2. The second kappa shape index (κ2) is 9.10. The summed E-state index contributed by atoms with van der Waals surface area (Å²) in [5, 5.41) is 9.29. The molecule has 178 valence electrons. The summed E-state index contributed by atoms with van der Waals surface area (Å²) < 4.78 is 37.2. The molecule has 0 aromatic heterocycles. The molecule has 34 heavy (non-hydrogen) atoms. The average Bonchev–Trinajstić information content (AvgIpc) is 3.42. The molecule has 1 aliphatic heterocycles. The number of hydrogen-bond donors (Lipinski definition) is 1. The molecule has 0 amide bonds. The van der Waals surface area contributed by atoms with Crippen molar-refractivity contribution in [3.8, 4) is 5.75 Å². The molecule has 4 rings (SSSR count). The maximum Gasteiger partial charge on any atom is 0.342 e. The number of esters is 1. The molecule has 8 heteroatoms. The van der Waals surface area contributed by atoms with Crippen LogP contribution in [0, 0.1) is 19.8 Å². The third kappa shape index (κ3) is 4.37. The van der Waals surface area contributed by atoms with Gasteiger partial charge < -0.3 is 14.0 Å². The predicted molar refractivity (Wildman–Crippen MR) is 126 cm³/mol. The van der Waals surface area contributed by atoms with E-state index >= 15 is 0 Å². The minimum absolute atomic E-state index is 0.0247. The van der Waals surface area contributed by atoms with Crippen LogP contribution in [-0.2, 0) is 32.7 Å². The van der Waals surface area contributed by atoms with Crippen LogP contribution in [0.5, 0.6) is 5.75 Å². The summed E-state index contributed by atoms with van der Waals surface area (Å²) in [4.78, 5) is 23.9. The molecule has 2 aromatic carbocycles. The number of ether oxygens (including phenoxy) is 1. The zero-order valence-electron chi connectivity index (χ0n) is 19.1. The summed E-state index contributed by atoms with van der Waals surface area (Å²) >= 11 is 0. The fourth-order valence-electron chi connectivity index (χ4n) is 4.55. The summed E-state index contributed by atoms with van der Waals surface area (Å²) in [6.07, 6.45) is 5.46. The van der Waals surface area contributed by atoms with Crippen molar-refractivity contribution < 1.29 is 32.0 Å². The molecule has 0 spiro atoms. The van der Waals surface area contributed by atoms with Crippen molar-refractivity contribution >= 4 is 28.1 Å². The normalized spacial score (nSPS) is 18.6. The molecule has 7 nitrogen and oxygen atoms in total. The van der Waals surface area contributed by atoms with Gasteiger partial charge in [0.15, 0.2) is 5.75 Å². The third-order valence-corrected chi connectivity index (χ3v) is 7.75. The highest BCUT2D eigenvalue weighted by atomic mass is 32.2. The molecule has 1 fully saturated rings. The maximum absolute atomic E-state index is 13.2. The fourth-order valence-corrected chi connectivity index (χ4v) is 5.52. The van der Waals surface area contributed by atoms with Gasteiger partial charge in [-0.1, -0.05) is 42.0 Å². The number of hydrogen-bond acceptors (Lipinski definition) is 6. The number of fused-ring (bicyclic) bond motifs is 1. The van der Waals surface area contributed by atoms with Crippen LogP contribution in [0.15, 0.2) is 47.4 Å². The van der Waals surface area contributed by atoms with Gasteiger partial charge in [0.2, 0.25) is 0 Å². The first kappa shape index (κ1) is 23.8. The maximum atomic E-state index is 13.2. The largest absolute Gasteiger partial charge is 0.481 e. The van der Waals surface area contributed by atoms with Crippen LogP contribution in [0.4, 0.5) is 0 Å². The van der Waals surface area contributed by atoms with Crippen molar-refractivity contribution in [2.45, 2.75) is 51.0 Å². The van der Waals surface area contributed by atoms with E-state index in [9.17, 15) is 23.1 Å². The summed E-state index contributed by atoms with van der Waals surface area (Å²) in [6.45, 7) is 7.60. The average molecular weight is 483 g/mol. The number of cyclic esters (lactones) is 1. The lowest BCUT2D eigenvalue weighted by Crippen LogP contribution is -2.15. The Hall–Kier alpha value is -3.39. The standard InChI is InChI=1S/C26H26O7S/c1-4-20-16(3)22-14-32-26(29)23(22)24(33-34(30,31)19-10-5-15(2)6-11-19)21(20)12-8-17-7-9-18(13-17)25(27)28/h4-6,8,10-11,18H,1,7,9,12-14H2,2-3H3,(H,27,28). The molecule has 0 saturated heterocycles. The van der Waals surface area contributed by atoms with E-state index in [1.165, 1.54) is 12.1 Å². The molecule has 0 bridgehead atoms. The van der Waals surface area contributed by atoms with E-state index in [0.29, 0.717) is 36.0 Å². The number of aliphatic carboxylic acids is 1. The second-order valence-electron chi connectivity index (χ2n) is 8.68. The summed E-state index contributed by atoms with van der Waals surface area (Å²) in [6, 6.07) is 6.25. The first-order valence-corrected chi connectivity index (χ1v) is 12.4. The van der Waals surface area contributed by atoms with Crippen molar-refractivity contribution in [1.29, 1.82) is 0 Å². The Morgan fingerprint density at radius 3 is 2.59 bits per heavy atom. The summed E-state index contributed by atoms with van der Waals surface area (Å²) in [5.74, 6) is -1.93. The number of allylic oxidation sites excluding steroid dienone is 2. The Morgan fingerprint density at radius 2 is 1.97 bits per heavy atom. The van der Waals surface area contributed by atoms with E-state index in [-0.39, 0.29) is 29.2 Å². The molecule has 1 saturated carbocycles. The number of aryl methyl sites for hydroxylation is 1. The van der Waals surface area contributed by atoms with Gasteiger partial charge in [-0.05, 0) is 62.8 Å². The molecule has 1 aliphatic carbocycles. The Labute approximate surface area is 198 Å². The Kier molecular flexibility index (Phi) is 6.36. The van der Waals surface area contributed by atoms with Gasteiger partial charge in [0.05, 0.1) is 5.92 Å². The van der Waals surface area contributed by atoms with E-state index in [1.807, 2.05) is 19.9 Å². The van der Waals surface area contributed by atoms with Crippen LogP contribution in [-0.4, -0.2) is 25.5 Å². The van der Waals surface area contributed by atoms with Gasteiger partial charge in [-0.15, -0.1) is 0 Å². The first-order chi connectivity index (χ1) is 16.1. The molecule has 1 heterocycles. The minimum Gasteiger partial charge on any atom is -0.481 e. The number of carbonyl (C=O) groups is 2. The van der Waals surface area contributed by atoms with Crippen LogP contribution in [0.25, 0.3) is 6.08 Å². The predicted octanol–water partition coefficient (Wildman–Crippen LogP) is 4.74. The smallest absolute Gasteiger partial charge is 0.342 e. The van der Waals surface area contributed by atoms with Crippen molar-refractivity contribution in [3.63, 3.8) is 0 Å². The van der Waals surface area contributed by atoms with Gasteiger partial charge in [0.25, 0.3) is 0 Å². The summed E-state index contributed by atoms with van der Waals surface area (Å²) in [7, 11) is -4.23. The fraction of sp³-hybridized carbons (Fsp3) is 0.308. The highest BCUT2D eigenvalue weighted by Gasteiger charge is 2.34. The van der Waals surface area contributed by atoms with Crippen molar-refractivity contribution in [2.75, 3.05) is 0 Å². The molecule has 1 N–H and O–H groups in total. The van der Waals surface area contributed by atoms with Gasteiger partial charge in [0.1, 0.15) is 17.1 Å². The van der Waals surface area contributed by atoms with E-state index in [1.54, 1.807) is 18.2 Å². The van der Waals surface area contributed by atoms with E-state index in [2.05, 4.69) is 6.58 Å². The molecule has 0 radical (unpaired) electrons. The zero-order chi connectivity index (χ0) is 24.6. The number of carboxylic acid groups (broad SMARTS) is 1. The monoisotopic (exact) mass is 482 g/mol. The van der Waals surface area contributed by atoms with E-state index < -0.39 is 28.0 Å².